The Kier molecular flexibility index (Phi) is 8.11. The first kappa shape index (κ1) is 29.1. The van der Waals surface area contributed by atoms with Crippen molar-refractivity contribution in [3.8, 4) is 45.0 Å². The average molecular weight is 592 g/mol. The number of esters is 2. The van der Waals surface area contributed by atoms with Gasteiger partial charge in [0.15, 0.2) is 0 Å². The Morgan fingerprint density at radius 1 is 0.545 bits per heavy atom. The van der Waals surface area contributed by atoms with E-state index in [0.717, 1.165) is 0 Å². The van der Waals surface area contributed by atoms with Gasteiger partial charge in [-0.05, 0) is 82.9 Å². The summed E-state index contributed by atoms with van der Waals surface area (Å²) in [6, 6.07) is 23.1. The van der Waals surface area contributed by atoms with Crippen molar-refractivity contribution in [2.75, 3.05) is 14.2 Å². The zero-order chi connectivity index (χ0) is 31.4. The highest BCUT2D eigenvalue weighted by Crippen LogP contribution is 2.30. The number of carbonyl (C=O) groups excluding carboxylic acids is 2. The molecule has 13 nitrogen and oxygen atoms in total. The lowest BCUT2D eigenvalue weighted by atomic mass is 10.0. The van der Waals surface area contributed by atoms with Crippen molar-refractivity contribution in [3.63, 3.8) is 0 Å². The second-order valence-electron chi connectivity index (χ2n) is 9.25. The van der Waals surface area contributed by atoms with Gasteiger partial charge in [0.2, 0.25) is 0 Å². The molecule has 2 aromatic carbocycles. The molecule has 0 aliphatic heterocycles. The number of benzene rings is 2. The van der Waals surface area contributed by atoms with Gasteiger partial charge < -0.3 is 9.47 Å². The third-order valence-electron chi connectivity index (χ3n) is 6.54. The number of carbonyl (C=O) groups is 2. The number of aromatic nitrogens is 3. The molecule has 0 saturated heterocycles. The maximum Gasteiger partial charge on any atom is 0.356 e. The van der Waals surface area contributed by atoms with Crippen LogP contribution in [0.3, 0.4) is 0 Å². The van der Waals surface area contributed by atoms with Crippen LogP contribution >= 0.6 is 0 Å². The molecule has 0 spiro atoms. The van der Waals surface area contributed by atoms with Crippen LogP contribution in [0.15, 0.2) is 91.0 Å². The average Bonchev–Trinajstić information content (AvgIpc) is 3.07. The number of rotatable bonds is 8. The Morgan fingerprint density at radius 2 is 0.932 bits per heavy atom. The van der Waals surface area contributed by atoms with Crippen molar-refractivity contribution >= 4 is 23.3 Å². The molecule has 13 heteroatoms. The Bertz CT molecular complexity index is 1790. The molecular formula is C31H21N5O8. The quantitative estimate of drug-likeness (QED) is 0.119. The lowest BCUT2D eigenvalue weighted by Gasteiger charge is -2.11. The number of pyridine rings is 3. The smallest absolute Gasteiger partial charge is 0.356 e. The number of ether oxygens (including phenoxy) is 2. The minimum Gasteiger partial charge on any atom is -0.464 e. The molecule has 0 radical (unpaired) electrons. The third kappa shape index (κ3) is 6.11. The number of hydrogen-bond acceptors (Lipinski definition) is 11. The van der Waals surface area contributed by atoms with Crippen LogP contribution in [0.2, 0.25) is 0 Å². The molecule has 0 aliphatic carbocycles. The molecule has 0 saturated carbocycles. The van der Waals surface area contributed by atoms with Gasteiger partial charge in [-0.2, -0.15) is 0 Å². The van der Waals surface area contributed by atoms with E-state index in [2.05, 4.69) is 9.97 Å². The minimum absolute atomic E-state index is 0.00294. The highest BCUT2D eigenvalue weighted by Gasteiger charge is 2.18. The summed E-state index contributed by atoms with van der Waals surface area (Å²) < 4.78 is 9.76. The van der Waals surface area contributed by atoms with Crippen molar-refractivity contribution in [2.45, 2.75) is 0 Å². The van der Waals surface area contributed by atoms with Crippen molar-refractivity contribution in [2.24, 2.45) is 0 Å². The molecule has 44 heavy (non-hydrogen) atoms. The first-order valence-electron chi connectivity index (χ1n) is 12.8. The van der Waals surface area contributed by atoms with Gasteiger partial charge in [0.1, 0.15) is 11.4 Å². The number of methoxy groups -OCH3 is 2. The Morgan fingerprint density at radius 3 is 1.27 bits per heavy atom. The van der Waals surface area contributed by atoms with E-state index in [-0.39, 0.29) is 22.8 Å². The second kappa shape index (κ2) is 12.2. The summed E-state index contributed by atoms with van der Waals surface area (Å²) in [5.74, 6) is -1.38. The normalized spacial score (nSPS) is 10.6. The topological polar surface area (TPSA) is 178 Å². The van der Waals surface area contributed by atoms with Crippen LogP contribution in [-0.2, 0) is 9.47 Å². The number of hydrogen-bond donors (Lipinski definition) is 0. The molecule has 0 aliphatic rings. The predicted molar refractivity (Wildman–Crippen MR) is 158 cm³/mol. The van der Waals surface area contributed by atoms with Crippen molar-refractivity contribution < 1.29 is 28.9 Å². The molecule has 0 bridgehead atoms. The van der Waals surface area contributed by atoms with Gasteiger partial charge in [-0.1, -0.05) is 6.07 Å². The molecule has 5 rings (SSSR count). The second-order valence-corrected chi connectivity index (χ2v) is 9.25. The van der Waals surface area contributed by atoms with Gasteiger partial charge >= 0.3 is 11.9 Å². The summed E-state index contributed by atoms with van der Waals surface area (Å²) in [5.41, 5.74) is 3.45. The maximum absolute atomic E-state index is 12.5. The molecule has 0 amide bonds. The third-order valence-corrected chi connectivity index (χ3v) is 6.54. The first-order valence-corrected chi connectivity index (χ1v) is 12.8. The van der Waals surface area contributed by atoms with E-state index in [1.165, 1.54) is 50.6 Å². The minimum atomic E-state index is -0.689. The van der Waals surface area contributed by atoms with Crippen LogP contribution in [0.4, 0.5) is 11.4 Å². The van der Waals surface area contributed by atoms with Gasteiger partial charge in [0, 0.05) is 24.3 Å². The number of nitro groups is 2. The molecule has 0 fully saturated rings. The molecule has 3 heterocycles. The summed E-state index contributed by atoms with van der Waals surface area (Å²) >= 11 is 0. The van der Waals surface area contributed by atoms with Crippen LogP contribution in [0, 0.1) is 20.2 Å². The molecule has 3 aromatic heterocycles. The van der Waals surface area contributed by atoms with Crippen molar-refractivity contribution in [1.29, 1.82) is 0 Å². The number of non-ortho nitro benzene ring substituents is 2. The summed E-state index contributed by atoms with van der Waals surface area (Å²) in [6.07, 6.45) is 0. The van der Waals surface area contributed by atoms with Crippen molar-refractivity contribution in [3.05, 3.63) is 123 Å². The Hall–Kier alpha value is -6.37. The highest BCUT2D eigenvalue weighted by atomic mass is 16.6. The predicted octanol–water partition coefficient (Wildman–Crippen LogP) is 5.93. The summed E-state index contributed by atoms with van der Waals surface area (Å²) in [4.78, 5) is 59.7. The maximum atomic E-state index is 12.5. The SMILES string of the molecule is COC(=O)c1cc(-c2ccc([N+](=O)[O-])cc2)cc(-c2cccc(-c3cc(-c4ccc([N+](=O)[O-])cc4)cc(C(=O)OC)n3)n2)n1. The fraction of sp³-hybridized carbons (Fsp3) is 0.0645. The lowest BCUT2D eigenvalue weighted by molar-refractivity contribution is -0.385. The Balaban J connectivity index is 1.61. The monoisotopic (exact) mass is 591 g/mol. The van der Waals surface area contributed by atoms with Crippen LogP contribution in [0.5, 0.6) is 0 Å². The van der Waals surface area contributed by atoms with E-state index in [0.29, 0.717) is 45.0 Å². The van der Waals surface area contributed by atoms with Gasteiger partial charge in [-0.25, -0.2) is 24.5 Å². The molecule has 0 N–H and O–H groups in total. The van der Waals surface area contributed by atoms with Gasteiger partial charge in [-0.3, -0.25) is 20.2 Å². The highest BCUT2D eigenvalue weighted by molar-refractivity contribution is 5.91. The van der Waals surface area contributed by atoms with Crippen LogP contribution < -0.4 is 0 Å². The number of nitro benzene ring substituents is 2. The summed E-state index contributed by atoms with van der Waals surface area (Å²) in [5, 5.41) is 22.2. The zero-order valence-electron chi connectivity index (χ0n) is 23.2. The fourth-order valence-corrected chi connectivity index (χ4v) is 4.35. The van der Waals surface area contributed by atoms with E-state index in [4.69, 9.17) is 14.5 Å². The van der Waals surface area contributed by atoms with Crippen LogP contribution in [0.25, 0.3) is 45.0 Å². The van der Waals surface area contributed by atoms with Gasteiger partial charge in [0.25, 0.3) is 11.4 Å². The number of nitrogens with zero attached hydrogens (tertiary/aromatic N) is 5. The Labute approximate surface area is 249 Å². The first-order chi connectivity index (χ1) is 21.2. The largest absolute Gasteiger partial charge is 0.464 e. The van der Waals surface area contributed by atoms with Gasteiger partial charge in [-0.15, -0.1) is 0 Å². The zero-order valence-corrected chi connectivity index (χ0v) is 23.2. The van der Waals surface area contributed by atoms with Crippen LogP contribution in [-0.4, -0.2) is 51.0 Å². The van der Waals surface area contributed by atoms with E-state index >= 15 is 0 Å². The van der Waals surface area contributed by atoms with E-state index in [9.17, 15) is 29.8 Å². The molecule has 218 valence electrons. The molecule has 5 aromatic rings. The molecule has 0 atom stereocenters. The molecular weight excluding hydrogens is 570 g/mol. The summed E-state index contributed by atoms with van der Waals surface area (Å²) in [6.45, 7) is 0. The van der Waals surface area contributed by atoms with Crippen LogP contribution in [0.1, 0.15) is 21.0 Å². The standard InChI is InChI=1S/C31H21N5O8/c1-43-30(37)28-16-20(18-6-10-22(11-7-18)35(39)40)14-26(33-28)24-4-3-5-25(32-24)27-15-21(17-29(34-27)31(38)44-2)19-8-12-23(13-9-19)36(41)42/h3-17H,1-2H3. The van der Waals surface area contributed by atoms with Crippen molar-refractivity contribution in [1.82, 2.24) is 15.0 Å². The van der Waals surface area contributed by atoms with E-state index in [1.54, 1.807) is 54.6 Å². The molecule has 0 unspecified atom stereocenters. The van der Waals surface area contributed by atoms with E-state index < -0.39 is 21.8 Å². The van der Waals surface area contributed by atoms with E-state index in [1.807, 2.05) is 0 Å². The summed E-state index contributed by atoms with van der Waals surface area (Å²) in [7, 11) is 2.45. The fourth-order valence-electron chi connectivity index (χ4n) is 4.35. The van der Waals surface area contributed by atoms with Gasteiger partial charge in [0.05, 0.1) is 46.8 Å². The lowest BCUT2D eigenvalue weighted by Crippen LogP contribution is -2.07.